The van der Waals surface area contributed by atoms with Gasteiger partial charge in [0.1, 0.15) is 5.82 Å². The molecule has 0 aromatic heterocycles. The highest BCUT2D eigenvalue weighted by Crippen LogP contribution is 2.31. The molecule has 15 heavy (non-hydrogen) atoms. The molecule has 0 saturated heterocycles. The van der Waals surface area contributed by atoms with Gasteiger partial charge in [0.05, 0.1) is 5.56 Å². The quantitative estimate of drug-likeness (QED) is 0.568. The van der Waals surface area contributed by atoms with E-state index in [1.807, 2.05) is 0 Å². The summed E-state index contributed by atoms with van der Waals surface area (Å²) >= 11 is 0. The predicted molar refractivity (Wildman–Crippen MR) is 46.2 cm³/mol. The number of hydrogen-bond acceptors (Lipinski definition) is 2. The molecule has 0 fully saturated rings. The van der Waals surface area contributed by atoms with Crippen LogP contribution in [0.1, 0.15) is 11.1 Å². The Bertz CT molecular complexity index is 348. The molecule has 0 aliphatic rings. The zero-order chi connectivity index (χ0) is 11.6. The molecule has 0 aliphatic carbocycles. The minimum atomic E-state index is -4.70. The molecule has 0 saturated carbocycles. The third-order valence-electron chi connectivity index (χ3n) is 1.74. The lowest BCUT2D eigenvalue weighted by atomic mass is 10.1. The SMILES string of the molecule is CN([O-])Cc1ccc(C(F)(F)F)c(F)c1. The van der Waals surface area contributed by atoms with Crippen molar-refractivity contribution >= 4 is 0 Å². The van der Waals surface area contributed by atoms with Crippen molar-refractivity contribution in [2.24, 2.45) is 0 Å². The summed E-state index contributed by atoms with van der Waals surface area (Å²) in [7, 11) is 1.20. The number of alkyl halides is 3. The Kier molecular flexibility index (Phi) is 3.31. The van der Waals surface area contributed by atoms with Crippen LogP contribution in [0.4, 0.5) is 17.6 Å². The number of halogens is 4. The van der Waals surface area contributed by atoms with Crippen molar-refractivity contribution in [3.8, 4) is 0 Å². The van der Waals surface area contributed by atoms with Crippen LogP contribution in [0.5, 0.6) is 0 Å². The molecule has 84 valence electrons. The summed E-state index contributed by atoms with van der Waals surface area (Å²) in [5, 5.41) is 11.1. The summed E-state index contributed by atoms with van der Waals surface area (Å²) in [5.74, 6) is -1.36. The first-order valence-electron chi connectivity index (χ1n) is 4.04. The van der Waals surface area contributed by atoms with Gasteiger partial charge in [-0.3, -0.25) is 0 Å². The van der Waals surface area contributed by atoms with Crippen LogP contribution in [0.3, 0.4) is 0 Å². The van der Waals surface area contributed by atoms with E-state index < -0.39 is 17.6 Å². The van der Waals surface area contributed by atoms with Gasteiger partial charge >= 0.3 is 6.18 Å². The minimum absolute atomic E-state index is 0.144. The van der Waals surface area contributed by atoms with Gasteiger partial charge in [-0.1, -0.05) is 6.07 Å². The van der Waals surface area contributed by atoms with E-state index in [4.69, 9.17) is 0 Å². The summed E-state index contributed by atoms with van der Waals surface area (Å²) in [5.41, 5.74) is -1.11. The van der Waals surface area contributed by atoms with Gasteiger partial charge in [-0.25, -0.2) is 4.39 Å². The van der Waals surface area contributed by atoms with Gasteiger partial charge in [-0.2, -0.15) is 13.2 Å². The standard InChI is InChI=1S/C9H8F4NO/c1-14(15)5-6-2-3-7(8(10)4-6)9(11,12)13/h2-4H,5H2,1H3/q-1. The second kappa shape index (κ2) is 4.16. The fourth-order valence-electron chi connectivity index (χ4n) is 1.14. The second-order valence-corrected chi connectivity index (χ2v) is 3.10. The molecule has 0 radical (unpaired) electrons. The first kappa shape index (κ1) is 11.9. The molecule has 0 atom stereocenters. The van der Waals surface area contributed by atoms with Gasteiger partial charge in [-0.05, 0) is 24.7 Å². The maximum absolute atomic E-state index is 13.0. The number of hydroxylamine groups is 2. The zero-order valence-electron chi connectivity index (χ0n) is 7.81. The van der Waals surface area contributed by atoms with Crippen LogP contribution in [-0.2, 0) is 12.7 Å². The summed E-state index contributed by atoms with van der Waals surface area (Å²) < 4.78 is 49.3. The van der Waals surface area contributed by atoms with E-state index in [0.29, 0.717) is 11.1 Å². The van der Waals surface area contributed by atoms with Crippen molar-refractivity contribution in [1.29, 1.82) is 0 Å². The molecule has 1 aromatic rings. The average Bonchev–Trinajstić information content (AvgIpc) is 1.99. The summed E-state index contributed by atoms with van der Waals surface area (Å²) in [4.78, 5) is 0. The molecule has 2 nitrogen and oxygen atoms in total. The predicted octanol–water partition coefficient (Wildman–Crippen LogP) is 2.77. The highest BCUT2D eigenvalue weighted by atomic mass is 19.4. The maximum Gasteiger partial charge on any atom is 0.419 e. The van der Waals surface area contributed by atoms with E-state index in [-0.39, 0.29) is 12.1 Å². The first-order chi connectivity index (χ1) is 6.80. The molecule has 6 heteroatoms. The van der Waals surface area contributed by atoms with E-state index in [1.54, 1.807) is 0 Å². The van der Waals surface area contributed by atoms with Crippen molar-refractivity contribution in [3.05, 3.63) is 40.4 Å². The topological polar surface area (TPSA) is 26.3 Å². The maximum atomic E-state index is 13.0. The van der Waals surface area contributed by atoms with Crippen molar-refractivity contribution in [2.45, 2.75) is 12.7 Å². The van der Waals surface area contributed by atoms with Crippen LogP contribution in [0.15, 0.2) is 18.2 Å². The fourth-order valence-corrected chi connectivity index (χ4v) is 1.14. The molecule has 0 aliphatic heterocycles. The zero-order valence-corrected chi connectivity index (χ0v) is 7.81. The van der Waals surface area contributed by atoms with E-state index in [0.717, 1.165) is 12.1 Å². The highest BCUT2D eigenvalue weighted by Gasteiger charge is 2.33. The monoisotopic (exact) mass is 222 g/mol. The molecular weight excluding hydrogens is 214 g/mol. The Labute approximate surface area is 83.7 Å². The van der Waals surface area contributed by atoms with E-state index in [2.05, 4.69) is 0 Å². The molecular formula is C9H8F4NO-. The highest BCUT2D eigenvalue weighted by molar-refractivity contribution is 5.26. The number of benzene rings is 1. The third-order valence-corrected chi connectivity index (χ3v) is 1.74. The first-order valence-corrected chi connectivity index (χ1v) is 4.04. The summed E-state index contributed by atoms with van der Waals surface area (Å²) in [6, 6.07) is 2.44. The van der Waals surface area contributed by atoms with E-state index in [9.17, 15) is 22.8 Å². The molecule has 0 bridgehead atoms. The van der Waals surface area contributed by atoms with Gasteiger partial charge < -0.3 is 10.3 Å². The number of rotatable bonds is 2. The van der Waals surface area contributed by atoms with Gasteiger partial charge in [0, 0.05) is 6.54 Å². The summed E-state index contributed by atoms with van der Waals surface area (Å²) in [6.45, 7) is -0.144. The molecule has 1 aromatic carbocycles. The Morgan fingerprint density at radius 1 is 1.33 bits per heavy atom. The molecule has 0 spiro atoms. The third kappa shape index (κ3) is 3.17. The smallest absolute Gasteiger partial charge is 0.419 e. The van der Waals surface area contributed by atoms with Crippen LogP contribution in [0.25, 0.3) is 0 Å². The molecule has 1 rings (SSSR count). The Hall–Kier alpha value is -1.14. The van der Waals surface area contributed by atoms with Crippen LogP contribution in [-0.4, -0.2) is 12.1 Å². The van der Waals surface area contributed by atoms with Crippen LogP contribution >= 0.6 is 0 Å². The normalized spacial score (nSPS) is 12.2. The van der Waals surface area contributed by atoms with E-state index >= 15 is 0 Å². The number of hydrogen-bond donors (Lipinski definition) is 0. The van der Waals surface area contributed by atoms with Crippen LogP contribution < -0.4 is 0 Å². The molecule has 0 unspecified atom stereocenters. The lowest BCUT2D eigenvalue weighted by molar-refractivity contribution is -0.140. The largest absolute Gasteiger partial charge is 0.785 e. The Balaban J connectivity index is 2.99. The van der Waals surface area contributed by atoms with Crippen LogP contribution in [0.2, 0.25) is 0 Å². The van der Waals surface area contributed by atoms with Crippen molar-refractivity contribution in [3.63, 3.8) is 0 Å². The molecule has 0 amide bonds. The lowest BCUT2D eigenvalue weighted by Crippen LogP contribution is -2.11. The van der Waals surface area contributed by atoms with E-state index in [1.165, 1.54) is 7.05 Å². The van der Waals surface area contributed by atoms with Crippen molar-refractivity contribution in [2.75, 3.05) is 7.05 Å². The van der Waals surface area contributed by atoms with Crippen molar-refractivity contribution < 1.29 is 17.6 Å². The van der Waals surface area contributed by atoms with Crippen molar-refractivity contribution in [1.82, 2.24) is 5.06 Å². The minimum Gasteiger partial charge on any atom is -0.785 e. The van der Waals surface area contributed by atoms with Gasteiger partial charge in [0.2, 0.25) is 0 Å². The second-order valence-electron chi connectivity index (χ2n) is 3.10. The fraction of sp³-hybridized carbons (Fsp3) is 0.333. The van der Waals surface area contributed by atoms with Crippen LogP contribution in [0, 0.1) is 11.0 Å². The Morgan fingerprint density at radius 3 is 2.33 bits per heavy atom. The van der Waals surface area contributed by atoms with Gasteiger partial charge in [0.15, 0.2) is 0 Å². The molecule has 0 N–H and O–H groups in total. The average molecular weight is 222 g/mol. The molecule has 0 heterocycles. The van der Waals surface area contributed by atoms with Gasteiger partial charge in [0.25, 0.3) is 0 Å². The van der Waals surface area contributed by atoms with Gasteiger partial charge in [-0.15, -0.1) is 0 Å². The number of nitrogens with zero attached hydrogens (tertiary/aromatic N) is 1. The Morgan fingerprint density at radius 2 is 1.93 bits per heavy atom. The lowest BCUT2D eigenvalue weighted by Gasteiger charge is -2.22. The summed E-state index contributed by atoms with van der Waals surface area (Å²) in [6.07, 6.45) is -4.70.